The van der Waals surface area contributed by atoms with Crippen LogP contribution >= 0.6 is 0 Å². The maximum absolute atomic E-state index is 12.0. The first-order valence-corrected chi connectivity index (χ1v) is 8.12. The molecule has 0 aromatic carbocycles. The number of fused-ring (bicyclic) bond motifs is 1. The van der Waals surface area contributed by atoms with Crippen LogP contribution in [0.15, 0.2) is 6.33 Å². The number of rotatable bonds is 6. The van der Waals surface area contributed by atoms with E-state index in [1.165, 1.54) is 10.9 Å². The number of nitrogens with one attached hydrogen (secondary N) is 2. The number of anilines is 2. The zero-order valence-electron chi connectivity index (χ0n) is 14.0. The molecule has 1 fully saturated rings. The number of nitrogens with zero attached hydrogens (tertiary/aromatic N) is 4. The number of hydrogen-bond acceptors (Lipinski definition) is 10. The quantitative estimate of drug-likeness (QED) is 0.321. The molecule has 142 valence electrons. The Morgan fingerprint density at radius 3 is 2.85 bits per heavy atom. The number of aliphatic hydroxyl groups is 3. The minimum Gasteiger partial charge on any atom is -0.395 e. The lowest BCUT2D eigenvalue weighted by Gasteiger charge is -2.16. The molecule has 1 aliphatic heterocycles. The van der Waals surface area contributed by atoms with Gasteiger partial charge in [-0.15, -0.1) is 0 Å². The normalized spacial score (nSPS) is 25.5. The average molecular weight is 367 g/mol. The molecular weight excluding hydrogens is 346 g/mol. The van der Waals surface area contributed by atoms with Gasteiger partial charge in [0.05, 0.1) is 12.9 Å². The molecular formula is C14H21N7O5. The van der Waals surface area contributed by atoms with Crippen LogP contribution in [0.2, 0.25) is 0 Å². The van der Waals surface area contributed by atoms with Gasteiger partial charge in [0, 0.05) is 13.1 Å². The van der Waals surface area contributed by atoms with Gasteiger partial charge in [-0.25, -0.2) is 4.98 Å². The summed E-state index contributed by atoms with van der Waals surface area (Å²) in [5.74, 6) is -0.257. The van der Waals surface area contributed by atoms with Crippen molar-refractivity contribution in [2.24, 2.45) is 0 Å². The molecule has 12 heteroatoms. The number of carbonyl (C=O) groups excluding carboxylic acids is 1. The van der Waals surface area contributed by atoms with E-state index in [0.717, 1.165) is 0 Å². The van der Waals surface area contributed by atoms with Crippen LogP contribution in [-0.2, 0) is 9.53 Å². The molecule has 0 bridgehead atoms. The van der Waals surface area contributed by atoms with Gasteiger partial charge in [0.1, 0.15) is 17.7 Å². The number of hydrogen-bond donors (Lipinski definition) is 6. The summed E-state index contributed by atoms with van der Waals surface area (Å²) in [6, 6.07) is 0. The van der Waals surface area contributed by atoms with Crippen LogP contribution in [0.1, 0.15) is 13.2 Å². The minimum atomic E-state index is -1.41. The topological polar surface area (TPSA) is 181 Å². The van der Waals surface area contributed by atoms with Gasteiger partial charge in [0.25, 0.3) is 5.91 Å². The van der Waals surface area contributed by atoms with Crippen molar-refractivity contribution in [3.05, 3.63) is 6.33 Å². The molecule has 3 rings (SSSR count). The van der Waals surface area contributed by atoms with Gasteiger partial charge >= 0.3 is 0 Å². The van der Waals surface area contributed by atoms with Crippen LogP contribution in [0.3, 0.4) is 0 Å². The number of nitrogens with two attached hydrogens (primary N) is 1. The van der Waals surface area contributed by atoms with Crippen LogP contribution in [-0.4, -0.2) is 78.8 Å². The number of likely N-dealkylation sites (N-methyl/N-ethyl adjacent to an activating group) is 1. The highest BCUT2D eigenvalue weighted by atomic mass is 16.6. The van der Waals surface area contributed by atoms with E-state index < -0.39 is 30.4 Å². The fourth-order valence-corrected chi connectivity index (χ4v) is 2.75. The van der Waals surface area contributed by atoms with E-state index in [4.69, 9.17) is 15.6 Å². The summed E-state index contributed by atoms with van der Waals surface area (Å²) in [5.41, 5.74) is 6.41. The van der Waals surface area contributed by atoms with Crippen molar-refractivity contribution < 1.29 is 24.9 Å². The van der Waals surface area contributed by atoms with Crippen LogP contribution in [0.4, 0.5) is 11.8 Å². The molecule has 1 aliphatic rings. The second-order valence-corrected chi connectivity index (χ2v) is 5.73. The Hall–Kier alpha value is -2.54. The summed E-state index contributed by atoms with van der Waals surface area (Å²) in [4.78, 5) is 24.4. The van der Waals surface area contributed by atoms with Crippen molar-refractivity contribution in [3.8, 4) is 0 Å². The lowest BCUT2D eigenvalue weighted by molar-refractivity contribution is -0.137. The molecule has 0 radical (unpaired) electrons. The van der Waals surface area contributed by atoms with Crippen LogP contribution in [0, 0.1) is 0 Å². The molecule has 3 heterocycles. The van der Waals surface area contributed by atoms with E-state index in [9.17, 15) is 15.0 Å². The Morgan fingerprint density at radius 2 is 2.15 bits per heavy atom. The number of ether oxygens (including phenoxy) is 1. The van der Waals surface area contributed by atoms with E-state index in [1.807, 2.05) is 0 Å². The highest BCUT2D eigenvalue weighted by Gasteiger charge is 2.47. The Balaban J connectivity index is 1.94. The predicted octanol–water partition coefficient (Wildman–Crippen LogP) is -2.43. The van der Waals surface area contributed by atoms with Crippen molar-refractivity contribution in [2.75, 3.05) is 30.7 Å². The number of carbonyl (C=O) groups is 1. The molecule has 0 saturated carbocycles. The zero-order chi connectivity index (χ0) is 18.8. The number of amides is 1. The van der Waals surface area contributed by atoms with Gasteiger partial charge in [-0.1, -0.05) is 0 Å². The summed E-state index contributed by atoms with van der Waals surface area (Å²) in [5, 5.41) is 34.7. The van der Waals surface area contributed by atoms with Crippen LogP contribution < -0.4 is 16.4 Å². The summed E-state index contributed by atoms with van der Waals surface area (Å²) < 4.78 is 6.94. The largest absolute Gasteiger partial charge is 0.395 e. The van der Waals surface area contributed by atoms with Gasteiger partial charge in [-0.05, 0) is 6.92 Å². The number of aromatic nitrogens is 4. The molecule has 2 aromatic rings. The van der Waals surface area contributed by atoms with Gasteiger partial charge in [-0.2, -0.15) is 9.97 Å². The highest BCUT2D eigenvalue weighted by molar-refractivity contribution is 5.83. The molecule has 1 unspecified atom stereocenters. The van der Waals surface area contributed by atoms with Crippen LogP contribution in [0.25, 0.3) is 11.2 Å². The molecule has 7 N–H and O–H groups in total. The first kappa shape index (κ1) is 18.3. The lowest BCUT2D eigenvalue weighted by Crippen LogP contribution is -2.42. The van der Waals surface area contributed by atoms with Crippen molar-refractivity contribution >= 4 is 28.8 Å². The first-order chi connectivity index (χ1) is 12.5. The van der Waals surface area contributed by atoms with Gasteiger partial charge < -0.3 is 36.4 Å². The van der Waals surface area contributed by atoms with Gasteiger partial charge in [0.15, 0.2) is 23.8 Å². The SMILES string of the molecule is CCNC(=O)C1O[C@@H](n2cnc3c(N)nc(NCCO)nc32)[C@H](O)[C@@H]1O. The predicted molar refractivity (Wildman–Crippen MR) is 89.9 cm³/mol. The molecule has 0 aliphatic carbocycles. The van der Waals surface area contributed by atoms with Crippen LogP contribution in [0.5, 0.6) is 0 Å². The molecule has 1 amide bonds. The van der Waals surface area contributed by atoms with E-state index >= 15 is 0 Å². The molecule has 26 heavy (non-hydrogen) atoms. The molecule has 4 atom stereocenters. The number of nitrogen functional groups attached to an aromatic ring is 1. The summed E-state index contributed by atoms with van der Waals surface area (Å²) in [6.45, 7) is 2.20. The van der Waals surface area contributed by atoms with E-state index in [-0.39, 0.29) is 36.1 Å². The Kier molecular flexibility index (Phi) is 5.18. The standard InChI is InChI=1S/C14H21N7O5/c1-2-16-12(25)9-7(23)8(24)13(26-9)21-5-18-6-10(15)19-14(17-3-4-22)20-11(6)21/h5,7-9,13,22-24H,2-4H2,1H3,(H,16,25)(H3,15,17,19,20)/t7-,8+,9?,13+/m0/s1. The Bertz CT molecular complexity index is 797. The third-order valence-electron chi connectivity index (χ3n) is 3.97. The summed E-state index contributed by atoms with van der Waals surface area (Å²) >= 11 is 0. The third kappa shape index (κ3) is 3.14. The smallest absolute Gasteiger partial charge is 0.252 e. The van der Waals surface area contributed by atoms with Gasteiger partial charge in [0.2, 0.25) is 5.95 Å². The maximum atomic E-state index is 12.0. The number of imidazole rings is 1. The first-order valence-electron chi connectivity index (χ1n) is 8.12. The van der Waals surface area contributed by atoms with Gasteiger partial charge in [-0.3, -0.25) is 9.36 Å². The minimum absolute atomic E-state index is 0.0995. The lowest BCUT2D eigenvalue weighted by atomic mass is 10.1. The fraction of sp³-hybridized carbons (Fsp3) is 0.571. The summed E-state index contributed by atoms with van der Waals surface area (Å²) in [7, 11) is 0. The second kappa shape index (κ2) is 7.37. The molecule has 1 saturated heterocycles. The highest BCUT2D eigenvalue weighted by Crippen LogP contribution is 2.32. The summed E-state index contributed by atoms with van der Waals surface area (Å²) in [6.07, 6.45) is -3.74. The zero-order valence-corrected chi connectivity index (χ0v) is 14.0. The van der Waals surface area contributed by atoms with Crippen molar-refractivity contribution in [1.29, 1.82) is 0 Å². The number of aliphatic hydroxyl groups excluding tert-OH is 3. The maximum Gasteiger partial charge on any atom is 0.252 e. The molecule has 12 nitrogen and oxygen atoms in total. The van der Waals surface area contributed by atoms with Crippen molar-refractivity contribution in [2.45, 2.75) is 31.5 Å². The third-order valence-corrected chi connectivity index (χ3v) is 3.97. The molecule has 0 spiro atoms. The molecule has 2 aromatic heterocycles. The van der Waals surface area contributed by atoms with E-state index in [2.05, 4.69) is 25.6 Å². The average Bonchev–Trinajstić information content (AvgIpc) is 3.16. The van der Waals surface area contributed by atoms with E-state index in [1.54, 1.807) is 6.92 Å². The van der Waals surface area contributed by atoms with Crippen molar-refractivity contribution in [1.82, 2.24) is 24.8 Å². The fourth-order valence-electron chi connectivity index (χ4n) is 2.75. The van der Waals surface area contributed by atoms with Crippen molar-refractivity contribution in [3.63, 3.8) is 0 Å². The monoisotopic (exact) mass is 367 g/mol. The Labute approximate surface area is 148 Å². The second-order valence-electron chi connectivity index (χ2n) is 5.73. The van der Waals surface area contributed by atoms with E-state index in [0.29, 0.717) is 6.54 Å². The Morgan fingerprint density at radius 1 is 1.38 bits per heavy atom.